The van der Waals surface area contributed by atoms with E-state index in [0.29, 0.717) is 24.4 Å². The number of halogens is 3. The van der Waals surface area contributed by atoms with Gasteiger partial charge < -0.3 is 14.7 Å². The molecule has 0 fully saturated rings. The second-order valence-electron chi connectivity index (χ2n) is 9.91. The summed E-state index contributed by atoms with van der Waals surface area (Å²) in [6.45, 7) is 0.995. The molecule has 0 aromatic heterocycles. The maximum absolute atomic E-state index is 13.7. The zero-order valence-corrected chi connectivity index (χ0v) is 22.0. The Hall–Kier alpha value is -4.17. The molecule has 0 spiro atoms. The number of carbonyl (C=O) groups is 3. The largest absolute Gasteiger partial charge is 0.416 e. The van der Waals surface area contributed by atoms with Gasteiger partial charge in [0.25, 0.3) is 5.91 Å². The minimum absolute atomic E-state index is 0.00173. The van der Waals surface area contributed by atoms with Crippen molar-refractivity contribution in [2.24, 2.45) is 0 Å². The van der Waals surface area contributed by atoms with Gasteiger partial charge >= 0.3 is 12.2 Å². The van der Waals surface area contributed by atoms with E-state index >= 15 is 0 Å². The number of hydrogen-bond donors (Lipinski definition) is 0. The first kappa shape index (κ1) is 27.9. The zero-order chi connectivity index (χ0) is 28.6. The molecule has 2 aromatic rings. The number of benzene rings is 2. The molecule has 0 bridgehead atoms. The summed E-state index contributed by atoms with van der Waals surface area (Å²) in [6.07, 6.45) is -4.36. The first-order chi connectivity index (χ1) is 18.3. The average Bonchev–Trinajstić information content (AvgIpc) is 3.27. The molecule has 1 aliphatic carbocycles. The van der Waals surface area contributed by atoms with E-state index in [1.165, 1.54) is 41.1 Å². The molecular formula is C28H28F3N5O3. The first-order valence-electron chi connectivity index (χ1n) is 12.3. The second-order valence-corrected chi connectivity index (χ2v) is 9.91. The average molecular weight is 540 g/mol. The van der Waals surface area contributed by atoms with Crippen molar-refractivity contribution in [1.29, 1.82) is 5.26 Å². The molecule has 204 valence electrons. The quantitative estimate of drug-likeness (QED) is 0.542. The van der Waals surface area contributed by atoms with Crippen LogP contribution in [0.2, 0.25) is 0 Å². The Balaban J connectivity index is 1.85. The number of rotatable bonds is 6. The van der Waals surface area contributed by atoms with Gasteiger partial charge in [0.1, 0.15) is 0 Å². The van der Waals surface area contributed by atoms with Crippen LogP contribution in [0.1, 0.15) is 45.9 Å². The molecule has 2 aliphatic rings. The maximum atomic E-state index is 13.7. The van der Waals surface area contributed by atoms with Crippen LogP contribution in [-0.2, 0) is 11.0 Å². The number of hydrogen-bond acceptors (Lipinski definition) is 5. The molecule has 4 rings (SSSR count). The molecule has 1 heterocycles. The van der Waals surface area contributed by atoms with Gasteiger partial charge in [0, 0.05) is 50.4 Å². The van der Waals surface area contributed by atoms with Crippen LogP contribution in [0.25, 0.3) is 0 Å². The van der Waals surface area contributed by atoms with Crippen LogP contribution in [0.5, 0.6) is 0 Å². The highest BCUT2D eigenvalue weighted by Gasteiger charge is 2.46. The third kappa shape index (κ3) is 5.25. The van der Waals surface area contributed by atoms with Crippen molar-refractivity contribution in [2.45, 2.75) is 25.1 Å². The fourth-order valence-electron chi connectivity index (χ4n) is 4.94. The molecule has 39 heavy (non-hydrogen) atoms. The van der Waals surface area contributed by atoms with Gasteiger partial charge in [-0.15, -0.1) is 0 Å². The lowest BCUT2D eigenvalue weighted by Crippen LogP contribution is -2.48. The summed E-state index contributed by atoms with van der Waals surface area (Å²) < 4.78 is 40.3. The molecule has 1 aliphatic heterocycles. The van der Waals surface area contributed by atoms with Crippen LogP contribution in [-0.4, -0.2) is 73.7 Å². The number of nitriles is 1. The van der Waals surface area contributed by atoms with E-state index in [1.807, 2.05) is 25.1 Å². The molecule has 1 unspecified atom stereocenters. The summed E-state index contributed by atoms with van der Waals surface area (Å²) in [7, 11) is 6.83. The van der Waals surface area contributed by atoms with Crippen molar-refractivity contribution in [3.05, 3.63) is 76.0 Å². The lowest BCUT2D eigenvalue weighted by Gasteiger charge is -2.41. The molecule has 1 atom stereocenters. The molecule has 0 N–H and O–H groups in total. The van der Waals surface area contributed by atoms with E-state index in [4.69, 9.17) is 0 Å². The third-order valence-corrected chi connectivity index (χ3v) is 6.99. The van der Waals surface area contributed by atoms with Crippen molar-refractivity contribution in [3.8, 4) is 6.07 Å². The number of Topliss-reactive ketones (excluding diaryl/α,β-unsaturated/α-hetero) is 1. The van der Waals surface area contributed by atoms with E-state index < -0.39 is 23.8 Å². The van der Waals surface area contributed by atoms with Crippen molar-refractivity contribution >= 4 is 23.4 Å². The molecule has 0 saturated carbocycles. The minimum atomic E-state index is -4.61. The summed E-state index contributed by atoms with van der Waals surface area (Å²) in [6, 6.07) is 9.39. The molecule has 0 saturated heterocycles. The third-order valence-electron chi connectivity index (χ3n) is 6.99. The van der Waals surface area contributed by atoms with Gasteiger partial charge in [0.15, 0.2) is 5.78 Å². The van der Waals surface area contributed by atoms with Crippen molar-refractivity contribution < 1.29 is 27.6 Å². The number of nitrogens with zero attached hydrogens (tertiary/aromatic N) is 5. The van der Waals surface area contributed by atoms with Gasteiger partial charge in [-0.25, -0.2) is 4.79 Å². The first-order valence-corrected chi connectivity index (χ1v) is 12.3. The van der Waals surface area contributed by atoms with Gasteiger partial charge in [-0.05, 0) is 56.4 Å². The molecule has 0 radical (unpaired) electrons. The number of amides is 3. The van der Waals surface area contributed by atoms with E-state index in [-0.39, 0.29) is 46.9 Å². The number of carbonyl (C=O) groups excluding carboxylic acids is 3. The highest BCUT2D eigenvalue weighted by molar-refractivity contribution is 6.09. The van der Waals surface area contributed by atoms with Crippen molar-refractivity contribution in [1.82, 2.24) is 14.7 Å². The summed E-state index contributed by atoms with van der Waals surface area (Å²) in [5, 5.41) is 9.49. The summed E-state index contributed by atoms with van der Waals surface area (Å²) in [5.41, 5.74) is 0.453. The lowest BCUT2D eigenvalue weighted by atomic mass is 9.88. The standard InChI is InChI=1S/C28H28F3N5O3/c1-33(2)12-13-34(3)26(38)21-14-17(16-32)8-9-20(21)25-24-22(10-11-23(24)37)36(27(39)35(25)4)19-7-5-6-18(15-19)28(29,30)31/h5-9,14-15,25H,10-13H2,1-4H3. The van der Waals surface area contributed by atoms with Crippen molar-refractivity contribution in [2.75, 3.05) is 46.2 Å². The monoisotopic (exact) mass is 539 g/mol. The van der Waals surface area contributed by atoms with E-state index in [0.717, 1.165) is 17.0 Å². The Morgan fingerprint density at radius 2 is 1.79 bits per heavy atom. The van der Waals surface area contributed by atoms with Crippen LogP contribution in [0, 0.1) is 11.3 Å². The van der Waals surface area contributed by atoms with Crippen LogP contribution in [0.15, 0.2) is 53.7 Å². The smallest absolute Gasteiger partial charge is 0.340 e. The van der Waals surface area contributed by atoms with Crippen LogP contribution in [0.3, 0.4) is 0 Å². The minimum Gasteiger partial charge on any atom is -0.340 e. The van der Waals surface area contributed by atoms with Gasteiger partial charge in [0.05, 0.1) is 28.9 Å². The van der Waals surface area contributed by atoms with Gasteiger partial charge in [-0.2, -0.15) is 18.4 Å². The summed E-state index contributed by atoms with van der Waals surface area (Å²) >= 11 is 0. The molecule has 3 amide bonds. The fraction of sp³-hybridized carbons (Fsp3) is 0.357. The van der Waals surface area contributed by atoms with Gasteiger partial charge in [0.2, 0.25) is 0 Å². The van der Waals surface area contributed by atoms with Gasteiger partial charge in [-0.1, -0.05) is 12.1 Å². The normalized spacial score (nSPS) is 17.6. The zero-order valence-electron chi connectivity index (χ0n) is 22.0. The Labute approximate surface area is 224 Å². The Kier molecular flexibility index (Phi) is 7.52. The van der Waals surface area contributed by atoms with E-state index in [1.54, 1.807) is 13.1 Å². The predicted molar refractivity (Wildman–Crippen MR) is 138 cm³/mol. The highest BCUT2D eigenvalue weighted by atomic mass is 19.4. The number of allylic oxidation sites excluding steroid dienone is 1. The van der Waals surface area contributed by atoms with Crippen LogP contribution >= 0.6 is 0 Å². The van der Waals surface area contributed by atoms with E-state index in [9.17, 15) is 32.8 Å². The topological polar surface area (TPSA) is 88.0 Å². The SMILES string of the molecule is CN(C)CCN(C)C(=O)c1cc(C#N)ccc1C1C2=C(CCC2=O)N(c2cccc(C(F)(F)F)c2)C(=O)N1C. The number of alkyl halides is 3. The summed E-state index contributed by atoms with van der Waals surface area (Å²) in [5.74, 6) is -0.632. The molecule has 2 aromatic carbocycles. The highest BCUT2D eigenvalue weighted by Crippen LogP contribution is 2.45. The molecular weight excluding hydrogens is 511 g/mol. The van der Waals surface area contributed by atoms with Crippen molar-refractivity contribution in [3.63, 3.8) is 0 Å². The summed E-state index contributed by atoms with van der Waals surface area (Å²) in [4.78, 5) is 46.3. The lowest BCUT2D eigenvalue weighted by molar-refractivity contribution is -0.137. The number of likely N-dealkylation sites (N-methyl/N-ethyl adjacent to an activating group) is 3. The van der Waals surface area contributed by atoms with Gasteiger partial charge in [-0.3, -0.25) is 14.5 Å². The predicted octanol–water partition coefficient (Wildman–Crippen LogP) is 4.44. The molecule has 8 nitrogen and oxygen atoms in total. The van der Waals surface area contributed by atoms with Crippen LogP contribution in [0.4, 0.5) is 23.7 Å². The Bertz CT molecular complexity index is 1410. The Morgan fingerprint density at radius 3 is 2.44 bits per heavy atom. The number of anilines is 1. The second kappa shape index (κ2) is 10.5. The number of ketones is 1. The molecule has 11 heteroatoms. The van der Waals surface area contributed by atoms with Crippen LogP contribution < -0.4 is 4.90 Å². The number of urea groups is 1. The fourth-order valence-corrected chi connectivity index (χ4v) is 4.94. The van der Waals surface area contributed by atoms with E-state index in [2.05, 4.69) is 0 Å². The maximum Gasteiger partial charge on any atom is 0.416 e. The Morgan fingerprint density at radius 1 is 1.08 bits per heavy atom.